The van der Waals surface area contributed by atoms with Gasteiger partial charge in [0, 0.05) is 11.6 Å². The lowest BCUT2D eigenvalue weighted by atomic mass is 10.0. The van der Waals surface area contributed by atoms with Crippen molar-refractivity contribution in [3.05, 3.63) is 28.0 Å². The van der Waals surface area contributed by atoms with E-state index in [4.69, 9.17) is 10.00 Å². The number of halogens is 1. The van der Waals surface area contributed by atoms with E-state index >= 15 is 0 Å². The fraction of sp³-hybridized carbons (Fsp3) is 0.333. The van der Waals surface area contributed by atoms with Gasteiger partial charge in [0.15, 0.2) is 5.69 Å². The third-order valence-corrected chi connectivity index (χ3v) is 2.67. The molecule has 4 heteroatoms. The first kappa shape index (κ1) is 8.67. The van der Waals surface area contributed by atoms with Crippen molar-refractivity contribution in [2.24, 2.45) is 0 Å². The highest BCUT2D eigenvalue weighted by atomic mass is 79.9. The second-order valence-electron chi connectivity index (χ2n) is 2.91. The van der Waals surface area contributed by atoms with E-state index in [0.29, 0.717) is 11.6 Å². The Bertz CT molecular complexity index is 368. The molecule has 3 nitrogen and oxygen atoms in total. The average molecular weight is 239 g/mol. The molecule has 1 aromatic heterocycles. The molecular formula is C9H7BrN2O. The third-order valence-electron chi connectivity index (χ3n) is 2.03. The quantitative estimate of drug-likeness (QED) is 0.750. The first-order valence-corrected chi connectivity index (χ1v) is 4.75. The van der Waals surface area contributed by atoms with Crippen LogP contribution in [0, 0.1) is 11.3 Å². The highest BCUT2D eigenvalue weighted by Gasteiger charge is 2.22. The van der Waals surface area contributed by atoms with Crippen molar-refractivity contribution >= 4 is 15.9 Å². The SMILES string of the molecule is N#Cc1nc(C2COC2)ccc1Br. The maximum Gasteiger partial charge on any atom is 0.154 e. The molecule has 0 spiro atoms. The standard InChI is InChI=1S/C9H7BrN2O/c10-7-1-2-8(6-4-13-5-6)12-9(7)3-11/h1-2,6H,4-5H2. The molecule has 0 bridgehead atoms. The number of hydrogen-bond acceptors (Lipinski definition) is 3. The van der Waals surface area contributed by atoms with E-state index in [1.165, 1.54) is 0 Å². The summed E-state index contributed by atoms with van der Waals surface area (Å²) < 4.78 is 5.81. The lowest BCUT2D eigenvalue weighted by Crippen LogP contribution is -2.26. The topological polar surface area (TPSA) is 45.9 Å². The summed E-state index contributed by atoms with van der Waals surface area (Å²) >= 11 is 3.26. The second kappa shape index (κ2) is 3.44. The molecule has 66 valence electrons. The minimum atomic E-state index is 0.375. The van der Waals surface area contributed by atoms with Crippen molar-refractivity contribution in [2.75, 3.05) is 13.2 Å². The Kier molecular flexibility index (Phi) is 2.30. The zero-order chi connectivity index (χ0) is 9.26. The van der Waals surface area contributed by atoms with Crippen LogP contribution in [0.2, 0.25) is 0 Å². The Morgan fingerprint density at radius 2 is 2.31 bits per heavy atom. The minimum Gasteiger partial charge on any atom is -0.380 e. The lowest BCUT2D eigenvalue weighted by Gasteiger charge is -2.25. The number of aromatic nitrogens is 1. The lowest BCUT2D eigenvalue weighted by molar-refractivity contribution is 0.00669. The van der Waals surface area contributed by atoms with Gasteiger partial charge in [0.1, 0.15) is 6.07 Å². The zero-order valence-electron chi connectivity index (χ0n) is 6.83. The fourth-order valence-corrected chi connectivity index (χ4v) is 1.48. The molecule has 1 aromatic rings. The Labute approximate surface area is 84.5 Å². The molecule has 0 amide bonds. The molecule has 13 heavy (non-hydrogen) atoms. The van der Waals surface area contributed by atoms with Crippen LogP contribution in [-0.4, -0.2) is 18.2 Å². The summed E-state index contributed by atoms with van der Waals surface area (Å²) in [6.07, 6.45) is 0. The largest absolute Gasteiger partial charge is 0.380 e. The van der Waals surface area contributed by atoms with Crippen molar-refractivity contribution in [3.63, 3.8) is 0 Å². The normalized spacial score (nSPS) is 16.3. The van der Waals surface area contributed by atoms with E-state index in [1.807, 2.05) is 18.2 Å². The fourth-order valence-electron chi connectivity index (χ4n) is 1.17. The molecule has 2 heterocycles. The van der Waals surface area contributed by atoms with Gasteiger partial charge in [-0.05, 0) is 28.1 Å². The highest BCUT2D eigenvalue weighted by Crippen LogP contribution is 2.24. The van der Waals surface area contributed by atoms with Crippen molar-refractivity contribution in [1.29, 1.82) is 5.26 Å². The van der Waals surface area contributed by atoms with Crippen LogP contribution in [0.15, 0.2) is 16.6 Å². The second-order valence-corrected chi connectivity index (χ2v) is 3.77. The van der Waals surface area contributed by atoms with E-state index in [1.54, 1.807) is 0 Å². The third kappa shape index (κ3) is 1.58. The van der Waals surface area contributed by atoms with Crippen LogP contribution in [0.4, 0.5) is 0 Å². The molecule has 0 unspecified atom stereocenters. The molecule has 1 aliphatic rings. The number of rotatable bonds is 1. The van der Waals surface area contributed by atoms with Gasteiger partial charge in [-0.15, -0.1) is 0 Å². The van der Waals surface area contributed by atoms with Crippen molar-refractivity contribution in [2.45, 2.75) is 5.92 Å². The van der Waals surface area contributed by atoms with E-state index in [2.05, 4.69) is 20.9 Å². The van der Waals surface area contributed by atoms with Gasteiger partial charge in [-0.1, -0.05) is 0 Å². The van der Waals surface area contributed by atoms with Crippen molar-refractivity contribution < 1.29 is 4.74 Å². The number of nitriles is 1. The van der Waals surface area contributed by atoms with E-state index in [9.17, 15) is 0 Å². The molecule has 1 saturated heterocycles. The maximum atomic E-state index is 8.74. The Balaban J connectivity index is 2.33. The molecule has 1 fully saturated rings. The Morgan fingerprint density at radius 3 is 2.85 bits per heavy atom. The van der Waals surface area contributed by atoms with Crippen molar-refractivity contribution in [1.82, 2.24) is 4.98 Å². The highest BCUT2D eigenvalue weighted by molar-refractivity contribution is 9.10. The number of pyridine rings is 1. The summed E-state index contributed by atoms with van der Waals surface area (Å²) in [5.41, 5.74) is 1.40. The van der Waals surface area contributed by atoms with Gasteiger partial charge in [-0.25, -0.2) is 4.98 Å². The predicted octanol–water partition coefficient (Wildman–Crippen LogP) is 1.83. The van der Waals surface area contributed by atoms with Crippen LogP contribution in [0.3, 0.4) is 0 Å². The minimum absolute atomic E-state index is 0.375. The Morgan fingerprint density at radius 1 is 1.54 bits per heavy atom. The summed E-state index contributed by atoms with van der Waals surface area (Å²) in [4.78, 5) is 4.22. The number of nitrogens with zero attached hydrogens (tertiary/aromatic N) is 2. The monoisotopic (exact) mass is 238 g/mol. The molecule has 0 radical (unpaired) electrons. The molecule has 1 aliphatic heterocycles. The summed E-state index contributed by atoms with van der Waals surface area (Å²) in [5, 5.41) is 8.74. The maximum absolute atomic E-state index is 8.74. The van der Waals surface area contributed by atoms with Crippen LogP contribution < -0.4 is 0 Å². The first-order valence-electron chi connectivity index (χ1n) is 3.95. The summed E-state index contributed by atoms with van der Waals surface area (Å²) in [6.45, 7) is 1.44. The number of ether oxygens (including phenoxy) is 1. The number of hydrogen-bond donors (Lipinski definition) is 0. The van der Waals surface area contributed by atoms with E-state index < -0.39 is 0 Å². The average Bonchev–Trinajstić information content (AvgIpc) is 2.05. The zero-order valence-corrected chi connectivity index (χ0v) is 8.41. The van der Waals surface area contributed by atoms with Crippen molar-refractivity contribution in [3.8, 4) is 6.07 Å². The Hall–Kier alpha value is -0.920. The van der Waals surface area contributed by atoms with Crippen LogP contribution in [0.25, 0.3) is 0 Å². The molecule has 0 aliphatic carbocycles. The summed E-state index contributed by atoms with van der Waals surface area (Å²) in [5.74, 6) is 0.375. The first-order chi connectivity index (χ1) is 6.31. The molecule has 0 N–H and O–H groups in total. The summed E-state index contributed by atoms with van der Waals surface area (Å²) in [7, 11) is 0. The van der Waals surface area contributed by atoms with Gasteiger partial charge in [-0.2, -0.15) is 5.26 Å². The smallest absolute Gasteiger partial charge is 0.154 e. The molecule has 2 rings (SSSR count). The van der Waals surface area contributed by atoms with E-state index in [-0.39, 0.29) is 0 Å². The van der Waals surface area contributed by atoms with Gasteiger partial charge in [-0.3, -0.25) is 0 Å². The predicted molar refractivity (Wildman–Crippen MR) is 50.2 cm³/mol. The van der Waals surface area contributed by atoms with Gasteiger partial charge in [0.05, 0.1) is 17.7 Å². The molecule has 0 saturated carbocycles. The van der Waals surface area contributed by atoms with E-state index in [0.717, 1.165) is 23.4 Å². The van der Waals surface area contributed by atoms with Crippen LogP contribution in [-0.2, 0) is 4.74 Å². The van der Waals surface area contributed by atoms with Gasteiger partial charge >= 0.3 is 0 Å². The van der Waals surface area contributed by atoms with Crippen LogP contribution >= 0.6 is 15.9 Å². The van der Waals surface area contributed by atoms with Gasteiger partial charge in [0.2, 0.25) is 0 Å². The summed E-state index contributed by atoms with van der Waals surface area (Å²) in [6, 6.07) is 5.83. The molecule has 0 aromatic carbocycles. The molecular weight excluding hydrogens is 232 g/mol. The van der Waals surface area contributed by atoms with Crippen LogP contribution in [0.1, 0.15) is 17.3 Å². The van der Waals surface area contributed by atoms with Gasteiger partial charge < -0.3 is 4.74 Å². The van der Waals surface area contributed by atoms with Gasteiger partial charge in [0.25, 0.3) is 0 Å². The molecule has 0 atom stereocenters. The van der Waals surface area contributed by atoms with Crippen LogP contribution in [0.5, 0.6) is 0 Å².